The van der Waals surface area contributed by atoms with Crippen LogP contribution < -0.4 is 10.6 Å². The average molecular weight is 314 g/mol. The number of nitrogens with zero attached hydrogens (tertiary/aromatic N) is 1. The van der Waals surface area contributed by atoms with Gasteiger partial charge in [-0.2, -0.15) is 0 Å². The number of nitrogens with one attached hydrogen (secondary N) is 2. The lowest BCUT2D eigenvalue weighted by atomic mass is 10.3. The Labute approximate surface area is 125 Å². The topological polar surface area (TPSA) is 54.0 Å². The van der Waals surface area contributed by atoms with Crippen LogP contribution in [0.1, 0.15) is 19.8 Å². The van der Waals surface area contributed by atoms with E-state index < -0.39 is 0 Å². The van der Waals surface area contributed by atoms with Gasteiger partial charge < -0.3 is 10.6 Å². The lowest BCUT2D eigenvalue weighted by molar-refractivity contribution is -0.119. The maximum Gasteiger partial charge on any atom is 0.226 e. The van der Waals surface area contributed by atoms with Crippen molar-refractivity contribution in [3.8, 4) is 0 Å². The molecular weight excluding hydrogens is 302 g/mol. The van der Waals surface area contributed by atoms with Crippen LogP contribution in [0.2, 0.25) is 5.02 Å². The van der Waals surface area contributed by atoms with E-state index in [1.807, 2.05) is 19.1 Å². The molecule has 0 aliphatic carbocycles. The zero-order valence-electron chi connectivity index (χ0n) is 10.2. The molecule has 2 rings (SSSR count). The molecule has 0 spiro atoms. The van der Waals surface area contributed by atoms with Gasteiger partial charge in [0.05, 0.1) is 10.2 Å². The molecule has 0 aliphatic heterocycles. The molecular formula is C12H12ClN3OS2. The molecule has 0 bridgehead atoms. The van der Waals surface area contributed by atoms with E-state index in [1.165, 1.54) is 11.3 Å². The first kappa shape index (κ1) is 14.2. The third-order valence-corrected chi connectivity index (χ3v) is 3.67. The third-order valence-electron chi connectivity index (χ3n) is 2.30. The predicted octanol–water partition coefficient (Wildman–Crippen LogP) is 3.56. The number of rotatable bonds is 3. The summed E-state index contributed by atoms with van der Waals surface area (Å²) in [7, 11) is 0. The molecule has 1 heterocycles. The number of fused-ring (bicyclic) bond motifs is 1. The van der Waals surface area contributed by atoms with E-state index in [0.717, 1.165) is 16.6 Å². The quantitative estimate of drug-likeness (QED) is 0.851. The van der Waals surface area contributed by atoms with Gasteiger partial charge in [-0.05, 0) is 36.8 Å². The molecule has 0 saturated carbocycles. The molecule has 7 heteroatoms. The van der Waals surface area contributed by atoms with Gasteiger partial charge in [-0.25, -0.2) is 4.98 Å². The number of anilines is 1. The second kappa shape index (κ2) is 6.27. The van der Waals surface area contributed by atoms with Crippen molar-refractivity contribution in [2.75, 3.05) is 5.32 Å². The molecule has 0 radical (unpaired) electrons. The summed E-state index contributed by atoms with van der Waals surface area (Å²) in [6.45, 7) is 1.94. The van der Waals surface area contributed by atoms with Crippen LogP contribution >= 0.6 is 35.2 Å². The van der Waals surface area contributed by atoms with Gasteiger partial charge in [0.2, 0.25) is 5.91 Å². The van der Waals surface area contributed by atoms with Crippen LogP contribution in [0, 0.1) is 0 Å². The van der Waals surface area contributed by atoms with E-state index in [-0.39, 0.29) is 11.0 Å². The number of hydrogen-bond acceptors (Lipinski definition) is 4. The molecule has 1 aromatic carbocycles. The first-order valence-electron chi connectivity index (χ1n) is 5.75. The Hall–Kier alpha value is -1.24. The van der Waals surface area contributed by atoms with Gasteiger partial charge in [0.25, 0.3) is 0 Å². The van der Waals surface area contributed by atoms with Crippen LogP contribution in [0.15, 0.2) is 18.2 Å². The number of hydrogen-bond donors (Lipinski definition) is 2. The monoisotopic (exact) mass is 313 g/mol. The van der Waals surface area contributed by atoms with Crippen molar-refractivity contribution in [3.05, 3.63) is 23.2 Å². The smallest absolute Gasteiger partial charge is 0.226 e. The molecule has 2 aromatic rings. The molecule has 1 aromatic heterocycles. The van der Waals surface area contributed by atoms with Gasteiger partial charge >= 0.3 is 0 Å². The van der Waals surface area contributed by atoms with Gasteiger partial charge in [0, 0.05) is 11.4 Å². The summed E-state index contributed by atoms with van der Waals surface area (Å²) in [4.78, 5) is 15.7. The maximum absolute atomic E-state index is 11.4. The van der Waals surface area contributed by atoms with Crippen molar-refractivity contribution in [1.82, 2.24) is 10.3 Å². The minimum absolute atomic E-state index is 0.0934. The molecule has 0 atom stereocenters. The number of amides is 1. The number of aromatic nitrogens is 1. The number of thiocarbonyl (C=S) groups is 1. The minimum Gasteiger partial charge on any atom is -0.308 e. The molecule has 100 valence electrons. The molecule has 19 heavy (non-hydrogen) atoms. The predicted molar refractivity (Wildman–Crippen MR) is 83.9 cm³/mol. The summed E-state index contributed by atoms with van der Waals surface area (Å²) < 4.78 is 0.970. The lowest BCUT2D eigenvalue weighted by Crippen LogP contribution is -2.33. The van der Waals surface area contributed by atoms with Crippen molar-refractivity contribution in [3.63, 3.8) is 0 Å². The number of carbonyl (C=O) groups is 1. The van der Waals surface area contributed by atoms with Crippen molar-refractivity contribution in [2.45, 2.75) is 19.8 Å². The van der Waals surface area contributed by atoms with E-state index >= 15 is 0 Å². The molecule has 2 N–H and O–H groups in total. The number of carbonyl (C=O) groups excluding carboxylic acids is 1. The number of halogens is 1. The van der Waals surface area contributed by atoms with Crippen LogP contribution in [0.25, 0.3) is 10.2 Å². The van der Waals surface area contributed by atoms with Gasteiger partial charge in [0.1, 0.15) is 0 Å². The van der Waals surface area contributed by atoms with Crippen LogP contribution in [0.3, 0.4) is 0 Å². The van der Waals surface area contributed by atoms with Crippen LogP contribution in [0.4, 0.5) is 5.13 Å². The fourth-order valence-corrected chi connectivity index (χ4v) is 2.92. The van der Waals surface area contributed by atoms with Gasteiger partial charge in [0.15, 0.2) is 10.2 Å². The highest BCUT2D eigenvalue weighted by molar-refractivity contribution is 7.80. The minimum atomic E-state index is -0.0934. The number of thiazole rings is 1. The highest BCUT2D eigenvalue weighted by Gasteiger charge is 2.08. The Bertz CT molecular complexity index is 626. The normalized spacial score (nSPS) is 10.4. The fourth-order valence-electron chi connectivity index (χ4n) is 1.50. The molecule has 0 saturated heterocycles. The molecule has 0 aliphatic rings. The lowest BCUT2D eigenvalue weighted by Gasteiger charge is -2.05. The summed E-state index contributed by atoms with van der Waals surface area (Å²) in [5.74, 6) is -0.0934. The van der Waals surface area contributed by atoms with E-state index in [2.05, 4.69) is 15.6 Å². The van der Waals surface area contributed by atoms with Crippen molar-refractivity contribution >= 4 is 61.5 Å². The SMILES string of the molecule is CCCC(=O)NC(=S)Nc1nc2ccc(Cl)cc2s1. The Morgan fingerprint density at radius 1 is 1.53 bits per heavy atom. The van der Waals surface area contributed by atoms with Crippen LogP contribution in [-0.4, -0.2) is 16.0 Å². The highest BCUT2D eigenvalue weighted by atomic mass is 35.5. The largest absolute Gasteiger partial charge is 0.308 e. The summed E-state index contributed by atoms with van der Waals surface area (Å²) in [6, 6.07) is 5.48. The van der Waals surface area contributed by atoms with E-state index in [1.54, 1.807) is 6.07 Å². The van der Waals surface area contributed by atoms with Crippen molar-refractivity contribution in [2.24, 2.45) is 0 Å². The Balaban J connectivity index is 2.05. The van der Waals surface area contributed by atoms with Crippen LogP contribution in [-0.2, 0) is 4.79 Å². The Morgan fingerprint density at radius 3 is 3.05 bits per heavy atom. The first-order chi connectivity index (χ1) is 9.08. The second-order valence-corrected chi connectivity index (χ2v) is 5.76. The zero-order chi connectivity index (χ0) is 13.8. The van der Waals surface area contributed by atoms with E-state index in [4.69, 9.17) is 23.8 Å². The molecule has 1 amide bonds. The van der Waals surface area contributed by atoms with Crippen molar-refractivity contribution in [1.29, 1.82) is 0 Å². The van der Waals surface area contributed by atoms with Crippen molar-refractivity contribution < 1.29 is 4.79 Å². The van der Waals surface area contributed by atoms with Gasteiger partial charge in [-0.1, -0.05) is 29.9 Å². The molecule has 0 fully saturated rings. The van der Waals surface area contributed by atoms with E-state index in [9.17, 15) is 4.79 Å². The van der Waals surface area contributed by atoms with Gasteiger partial charge in [-0.15, -0.1) is 0 Å². The third kappa shape index (κ3) is 3.86. The molecule has 0 unspecified atom stereocenters. The summed E-state index contributed by atoms with van der Waals surface area (Å²) in [6.07, 6.45) is 1.24. The maximum atomic E-state index is 11.4. The van der Waals surface area contributed by atoms with Gasteiger partial charge in [-0.3, -0.25) is 4.79 Å². The summed E-state index contributed by atoms with van der Waals surface area (Å²) in [5, 5.41) is 7.08. The Morgan fingerprint density at radius 2 is 2.32 bits per heavy atom. The summed E-state index contributed by atoms with van der Waals surface area (Å²) in [5.41, 5.74) is 0.847. The highest BCUT2D eigenvalue weighted by Crippen LogP contribution is 2.28. The first-order valence-corrected chi connectivity index (χ1v) is 7.35. The average Bonchev–Trinajstić information content (AvgIpc) is 2.70. The number of benzene rings is 1. The zero-order valence-corrected chi connectivity index (χ0v) is 12.6. The molecule has 4 nitrogen and oxygen atoms in total. The Kier molecular flexibility index (Phi) is 4.68. The standard InChI is InChI=1S/C12H12ClN3OS2/c1-2-3-10(17)15-11(18)16-12-14-8-5-4-7(13)6-9(8)19-12/h4-6H,2-3H2,1H3,(H2,14,15,16,17,18). The van der Waals surface area contributed by atoms with Crippen LogP contribution in [0.5, 0.6) is 0 Å². The fraction of sp³-hybridized carbons (Fsp3) is 0.250. The van der Waals surface area contributed by atoms with E-state index in [0.29, 0.717) is 16.6 Å². The summed E-state index contributed by atoms with van der Waals surface area (Å²) >= 11 is 12.4. The second-order valence-electron chi connectivity index (χ2n) is 3.88.